The predicted molar refractivity (Wildman–Crippen MR) is 110 cm³/mol. The molecular weight excluding hydrogens is 440 g/mol. The molecule has 2 aromatic carbocycles. The Kier molecular flexibility index (Phi) is 5.54. The lowest BCUT2D eigenvalue weighted by molar-refractivity contribution is -0.119. The maximum Gasteiger partial charge on any atom is 0.265 e. The van der Waals surface area contributed by atoms with Crippen LogP contribution in [0.5, 0.6) is 5.75 Å². The van der Waals surface area contributed by atoms with Gasteiger partial charge in [-0.15, -0.1) is 0 Å². The van der Waals surface area contributed by atoms with Crippen molar-refractivity contribution in [2.45, 2.75) is 18.7 Å². The molecule has 1 atom stereocenters. The largest absolute Gasteiger partial charge is 0.495 e. The second kappa shape index (κ2) is 7.51. The number of hydrogen-bond acceptors (Lipinski definition) is 6. The van der Waals surface area contributed by atoms with Crippen LogP contribution in [0.3, 0.4) is 0 Å². The Morgan fingerprint density at radius 3 is 2.45 bits per heavy atom. The van der Waals surface area contributed by atoms with Crippen molar-refractivity contribution in [3.8, 4) is 5.75 Å². The lowest BCUT2D eigenvalue weighted by Gasteiger charge is -2.18. The molecule has 2 aromatic rings. The van der Waals surface area contributed by atoms with E-state index >= 15 is 0 Å². The van der Waals surface area contributed by atoms with Crippen molar-refractivity contribution in [1.82, 2.24) is 0 Å². The third-order valence-electron chi connectivity index (χ3n) is 4.46. The highest BCUT2D eigenvalue weighted by atomic mass is 35.5. The molecular formula is C18H19ClN2O6S2. The molecule has 1 aliphatic heterocycles. The molecule has 29 heavy (non-hydrogen) atoms. The van der Waals surface area contributed by atoms with Gasteiger partial charge >= 0.3 is 0 Å². The Bertz CT molecular complexity index is 1190. The van der Waals surface area contributed by atoms with Gasteiger partial charge in [-0.3, -0.25) is 9.52 Å². The summed E-state index contributed by atoms with van der Waals surface area (Å²) in [6.07, 6.45) is 0. The summed E-state index contributed by atoms with van der Waals surface area (Å²) in [5.74, 6) is -1.65. The molecule has 1 amide bonds. The quantitative estimate of drug-likeness (QED) is 0.737. The van der Waals surface area contributed by atoms with Crippen LogP contribution >= 0.6 is 11.6 Å². The SMILES string of the molecule is COc1ccc(N2C(=O)C(C)CS2(=O)=O)cc1S(=O)(=O)Nc1ccc(Cl)cc1C. The fraction of sp³-hybridized carbons (Fsp3) is 0.278. The Morgan fingerprint density at radius 1 is 1.21 bits per heavy atom. The average molecular weight is 459 g/mol. The molecule has 1 aliphatic rings. The van der Waals surface area contributed by atoms with E-state index in [2.05, 4.69) is 4.72 Å². The minimum Gasteiger partial charge on any atom is -0.495 e. The van der Waals surface area contributed by atoms with Gasteiger partial charge in [-0.05, 0) is 48.9 Å². The number of nitrogens with zero attached hydrogens (tertiary/aromatic N) is 1. The predicted octanol–water partition coefficient (Wildman–Crippen LogP) is 2.77. The van der Waals surface area contributed by atoms with Crippen LogP contribution in [0.15, 0.2) is 41.3 Å². The number of ether oxygens (including phenoxy) is 1. The zero-order valence-electron chi connectivity index (χ0n) is 15.8. The van der Waals surface area contributed by atoms with Gasteiger partial charge in [-0.25, -0.2) is 21.1 Å². The average Bonchev–Trinajstić information content (AvgIpc) is 2.84. The van der Waals surface area contributed by atoms with Crippen molar-refractivity contribution < 1.29 is 26.4 Å². The number of hydrogen-bond donors (Lipinski definition) is 1. The van der Waals surface area contributed by atoms with Crippen molar-refractivity contribution in [3.63, 3.8) is 0 Å². The van der Waals surface area contributed by atoms with Crippen LogP contribution in [-0.4, -0.2) is 35.6 Å². The standard InChI is InChI=1S/C18H19ClN2O6S2/c1-11-8-13(19)4-6-15(11)20-29(25,26)17-9-14(5-7-16(17)27-3)21-18(22)12(2)10-28(21,23)24/h4-9,12,20H,10H2,1-3H3. The van der Waals surface area contributed by atoms with E-state index in [1.54, 1.807) is 13.0 Å². The van der Waals surface area contributed by atoms with Gasteiger partial charge in [0, 0.05) is 5.02 Å². The van der Waals surface area contributed by atoms with Crippen molar-refractivity contribution in [1.29, 1.82) is 0 Å². The van der Waals surface area contributed by atoms with Crippen LogP contribution in [-0.2, 0) is 24.8 Å². The Morgan fingerprint density at radius 2 is 1.90 bits per heavy atom. The number of benzene rings is 2. The molecule has 156 valence electrons. The number of carbonyl (C=O) groups excluding carboxylic acids is 1. The molecule has 0 aromatic heterocycles. The summed E-state index contributed by atoms with van der Waals surface area (Å²) in [6.45, 7) is 3.19. The molecule has 1 saturated heterocycles. The molecule has 0 bridgehead atoms. The van der Waals surface area contributed by atoms with E-state index in [0.29, 0.717) is 20.6 Å². The minimum absolute atomic E-state index is 0.00459. The van der Waals surface area contributed by atoms with Gasteiger partial charge in [0.2, 0.25) is 15.9 Å². The molecule has 0 saturated carbocycles. The van der Waals surface area contributed by atoms with Crippen molar-refractivity contribution in [2.24, 2.45) is 5.92 Å². The van der Waals surface area contributed by atoms with Crippen LogP contribution in [0, 0.1) is 12.8 Å². The number of halogens is 1. The summed E-state index contributed by atoms with van der Waals surface area (Å²) >= 11 is 5.91. The van der Waals surface area contributed by atoms with Gasteiger partial charge in [0.05, 0.1) is 30.2 Å². The maximum atomic E-state index is 13.0. The fourth-order valence-electron chi connectivity index (χ4n) is 3.03. The Labute approximate surface area is 174 Å². The van der Waals surface area contributed by atoms with Gasteiger partial charge in [0.1, 0.15) is 10.6 Å². The molecule has 1 heterocycles. The van der Waals surface area contributed by atoms with E-state index in [9.17, 15) is 21.6 Å². The molecule has 0 aliphatic carbocycles. The first-order valence-corrected chi connectivity index (χ1v) is 12.0. The number of methoxy groups -OCH3 is 1. The van der Waals surface area contributed by atoms with Gasteiger partial charge in [0.25, 0.3) is 10.0 Å². The van der Waals surface area contributed by atoms with Crippen molar-refractivity contribution >= 4 is 48.9 Å². The van der Waals surface area contributed by atoms with E-state index in [1.807, 2.05) is 0 Å². The summed E-state index contributed by atoms with van der Waals surface area (Å²) < 4.78 is 59.0. The van der Waals surface area contributed by atoms with Gasteiger partial charge < -0.3 is 4.74 Å². The van der Waals surface area contributed by atoms with E-state index in [1.165, 1.54) is 38.3 Å². The van der Waals surface area contributed by atoms with Crippen LogP contribution < -0.4 is 13.8 Å². The lowest BCUT2D eigenvalue weighted by atomic mass is 10.2. The molecule has 11 heteroatoms. The number of aryl methyl sites for hydroxylation is 1. The van der Waals surface area contributed by atoms with Gasteiger partial charge in [-0.2, -0.15) is 0 Å². The topological polar surface area (TPSA) is 110 Å². The first-order chi connectivity index (χ1) is 13.5. The van der Waals surface area contributed by atoms with Gasteiger partial charge in [-0.1, -0.05) is 18.5 Å². The van der Waals surface area contributed by atoms with Crippen molar-refractivity contribution in [3.05, 3.63) is 47.0 Å². The van der Waals surface area contributed by atoms with Crippen LogP contribution in [0.4, 0.5) is 11.4 Å². The number of amides is 1. The minimum atomic E-state index is -4.16. The zero-order valence-corrected chi connectivity index (χ0v) is 18.2. The molecule has 1 unspecified atom stereocenters. The van der Waals surface area contributed by atoms with Gasteiger partial charge in [0.15, 0.2) is 0 Å². The Hall–Kier alpha value is -2.30. The third-order valence-corrected chi connectivity index (χ3v) is 7.95. The fourth-order valence-corrected chi connectivity index (χ4v) is 6.39. The summed E-state index contributed by atoms with van der Waals surface area (Å²) in [5.41, 5.74) is 0.844. The molecule has 1 N–H and O–H groups in total. The summed E-state index contributed by atoms with van der Waals surface area (Å²) in [7, 11) is -6.75. The van der Waals surface area contributed by atoms with Crippen LogP contribution in [0.1, 0.15) is 12.5 Å². The molecule has 8 nitrogen and oxygen atoms in total. The highest BCUT2D eigenvalue weighted by Gasteiger charge is 2.42. The number of nitrogens with one attached hydrogen (secondary N) is 1. The highest BCUT2D eigenvalue weighted by Crippen LogP contribution is 2.35. The van der Waals surface area contributed by atoms with Crippen LogP contribution in [0.25, 0.3) is 0 Å². The normalized spacial score (nSPS) is 18.7. The van der Waals surface area contributed by atoms with E-state index in [0.717, 1.165) is 6.07 Å². The van der Waals surface area contributed by atoms with E-state index in [-0.39, 0.29) is 22.1 Å². The first kappa shape index (κ1) is 21.4. The number of rotatable bonds is 5. The van der Waals surface area contributed by atoms with Crippen LogP contribution in [0.2, 0.25) is 5.02 Å². The number of carbonyl (C=O) groups is 1. The molecule has 3 rings (SSSR count). The second-order valence-corrected chi connectivity index (χ2v) is 10.6. The first-order valence-electron chi connectivity index (χ1n) is 8.50. The Balaban J connectivity index is 2.09. The van der Waals surface area contributed by atoms with E-state index < -0.39 is 31.9 Å². The summed E-state index contributed by atoms with van der Waals surface area (Å²) in [4.78, 5) is 12.0. The zero-order chi connectivity index (χ0) is 21.6. The summed E-state index contributed by atoms with van der Waals surface area (Å²) in [6, 6.07) is 8.41. The smallest absolute Gasteiger partial charge is 0.265 e. The second-order valence-electron chi connectivity index (χ2n) is 6.68. The maximum absolute atomic E-state index is 13.0. The highest BCUT2D eigenvalue weighted by molar-refractivity contribution is 7.94. The summed E-state index contributed by atoms with van der Waals surface area (Å²) in [5, 5.41) is 0.455. The number of anilines is 2. The third kappa shape index (κ3) is 4.05. The molecule has 0 radical (unpaired) electrons. The molecule has 0 spiro atoms. The lowest BCUT2D eigenvalue weighted by Crippen LogP contribution is -2.30. The molecule has 1 fully saturated rings. The monoisotopic (exact) mass is 458 g/mol. The van der Waals surface area contributed by atoms with Crippen molar-refractivity contribution in [2.75, 3.05) is 21.9 Å². The number of sulfonamides is 2. The van der Waals surface area contributed by atoms with E-state index in [4.69, 9.17) is 16.3 Å².